The van der Waals surface area contributed by atoms with Crippen LogP contribution in [0.5, 0.6) is 5.75 Å². The largest absolute Gasteiger partial charge is 0.496 e. The molecule has 2 bridgehead atoms. The first kappa shape index (κ1) is 18.2. The van der Waals surface area contributed by atoms with E-state index in [0.29, 0.717) is 11.5 Å². The first-order chi connectivity index (χ1) is 13.7. The van der Waals surface area contributed by atoms with Crippen LogP contribution >= 0.6 is 0 Å². The van der Waals surface area contributed by atoms with E-state index in [9.17, 15) is 4.39 Å². The lowest BCUT2D eigenvalue weighted by Crippen LogP contribution is -2.43. The fourth-order valence-electron chi connectivity index (χ4n) is 6.12. The number of halogens is 1. The fourth-order valence-corrected chi connectivity index (χ4v) is 6.12. The molecule has 28 heavy (non-hydrogen) atoms. The third-order valence-electron chi connectivity index (χ3n) is 7.55. The first-order valence-electron chi connectivity index (χ1n) is 10.9. The third-order valence-corrected chi connectivity index (χ3v) is 7.55. The van der Waals surface area contributed by atoms with Crippen LogP contribution < -0.4 is 4.74 Å². The maximum Gasteiger partial charge on any atom is 0.131 e. The summed E-state index contributed by atoms with van der Waals surface area (Å²) >= 11 is 0. The van der Waals surface area contributed by atoms with E-state index in [-0.39, 0.29) is 5.82 Å². The van der Waals surface area contributed by atoms with Crippen molar-refractivity contribution in [3.63, 3.8) is 0 Å². The second-order valence-electron chi connectivity index (χ2n) is 8.99. The summed E-state index contributed by atoms with van der Waals surface area (Å²) in [4.78, 5) is 2.77. The lowest BCUT2D eigenvalue weighted by Gasteiger charge is -2.40. The van der Waals surface area contributed by atoms with Crippen molar-refractivity contribution in [1.82, 2.24) is 4.90 Å². The van der Waals surface area contributed by atoms with Crippen molar-refractivity contribution in [2.24, 2.45) is 11.8 Å². The predicted molar refractivity (Wildman–Crippen MR) is 111 cm³/mol. The van der Waals surface area contributed by atoms with Gasteiger partial charge in [-0.3, -0.25) is 0 Å². The summed E-state index contributed by atoms with van der Waals surface area (Å²) in [7, 11) is 1.74. The number of hydrogen-bond donors (Lipinski definition) is 0. The van der Waals surface area contributed by atoms with Crippen LogP contribution in [0.25, 0.3) is 11.1 Å². The molecule has 1 saturated heterocycles. The summed E-state index contributed by atoms with van der Waals surface area (Å²) in [6, 6.07) is 14.0. The molecular weight excluding hydrogens is 349 g/mol. The van der Waals surface area contributed by atoms with Crippen LogP contribution in [-0.4, -0.2) is 31.1 Å². The summed E-state index contributed by atoms with van der Waals surface area (Å²) in [5, 5.41) is 0. The number of ether oxygens (including phenoxy) is 1. The Kier molecular flexibility index (Phi) is 4.88. The molecule has 148 valence electrons. The van der Waals surface area contributed by atoms with Gasteiger partial charge in [-0.05, 0) is 92.3 Å². The van der Waals surface area contributed by atoms with E-state index in [4.69, 9.17) is 4.74 Å². The molecule has 1 unspecified atom stereocenters. The Morgan fingerprint density at radius 2 is 1.79 bits per heavy atom. The van der Waals surface area contributed by atoms with Gasteiger partial charge in [-0.2, -0.15) is 0 Å². The molecule has 0 amide bonds. The Balaban J connectivity index is 1.34. The van der Waals surface area contributed by atoms with Gasteiger partial charge in [0, 0.05) is 11.6 Å². The van der Waals surface area contributed by atoms with Crippen molar-refractivity contribution in [2.75, 3.05) is 20.2 Å². The maximum absolute atomic E-state index is 14.3. The Labute approximate surface area is 167 Å². The average molecular weight is 380 g/mol. The van der Waals surface area contributed by atoms with Crippen molar-refractivity contribution in [3.8, 4) is 16.9 Å². The number of rotatable bonds is 4. The zero-order chi connectivity index (χ0) is 19.1. The Hall–Kier alpha value is -1.87. The van der Waals surface area contributed by atoms with Crippen LogP contribution in [-0.2, 0) is 0 Å². The molecule has 2 aromatic carbocycles. The zero-order valence-electron chi connectivity index (χ0n) is 16.7. The standard InChI is InChI=1S/C25H30FNO/c1-28-25-9-8-19(21-4-2-3-5-23(21)26)16-22(25)18-10-12-27(13-11-18)24-15-17-6-7-20(24)14-17/h2-5,8-9,16-18,20,24H,6-7,10-15H2,1H3/t17-,20?,24-/m1/s1. The highest BCUT2D eigenvalue weighted by atomic mass is 19.1. The third kappa shape index (κ3) is 3.24. The van der Waals surface area contributed by atoms with Crippen molar-refractivity contribution in [2.45, 2.75) is 50.5 Å². The van der Waals surface area contributed by atoms with Gasteiger partial charge in [-0.1, -0.05) is 30.7 Å². The van der Waals surface area contributed by atoms with E-state index in [0.717, 1.165) is 29.2 Å². The van der Waals surface area contributed by atoms with E-state index in [1.807, 2.05) is 24.3 Å². The van der Waals surface area contributed by atoms with Gasteiger partial charge >= 0.3 is 0 Å². The molecule has 2 aromatic rings. The smallest absolute Gasteiger partial charge is 0.131 e. The molecule has 1 aliphatic heterocycles. The van der Waals surface area contributed by atoms with E-state index in [1.165, 1.54) is 63.2 Å². The van der Waals surface area contributed by atoms with Gasteiger partial charge in [-0.25, -0.2) is 4.39 Å². The van der Waals surface area contributed by atoms with Gasteiger partial charge in [0.15, 0.2) is 0 Å². The van der Waals surface area contributed by atoms with Gasteiger partial charge in [0.1, 0.15) is 11.6 Å². The lowest BCUT2D eigenvalue weighted by atomic mass is 9.85. The van der Waals surface area contributed by atoms with Crippen molar-refractivity contribution in [1.29, 1.82) is 0 Å². The number of benzene rings is 2. The molecule has 3 atom stereocenters. The number of likely N-dealkylation sites (tertiary alicyclic amines) is 1. The first-order valence-corrected chi connectivity index (χ1v) is 10.9. The van der Waals surface area contributed by atoms with Crippen molar-refractivity contribution in [3.05, 3.63) is 53.8 Å². The van der Waals surface area contributed by atoms with Crippen LogP contribution in [0.1, 0.15) is 50.0 Å². The second kappa shape index (κ2) is 7.51. The number of methoxy groups -OCH3 is 1. The molecule has 2 aliphatic carbocycles. The molecule has 3 fully saturated rings. The van der Waals surface area contributed by atoms with E-state index in [2.05, 4.69) is 11.0 Å². The Bertz CT molecular complexity index is 842. The summed E-state index contributed by atoms with van der Waals surface area (Å²) in [5.41, 5.74) is 2.87. The molecule has 2 nitrogen and oxygen atoms in total. The molecule has 0 spiro atoms. The number of piperidine rings is 1. The van der Waals surface area contributed by atoms with Crippen molar-refractivity contribution >= 4 is 0 Å². The van der Waals surface area contributed by atoms with Gasteiger partial charge in [0.05, 0.1) is 7.11 Å². The minimum atomic E-state index is -0.162. The fraction of sp³-hybridized carbons (Fsp3) is 0.520. The maximum atomic E-state index is 14.3. The van der Waals surface area contributed by atoms with Crippen LogP contribution in [0, 0.1) is 17.7 Å². The Morgan fingerprint density at radius 1 is 0.964 bits per heavy atom. The number of nitrogens with zero attached hydrogens (tertiary/aromatic N) is 1. The van der Waals surface area contributed by atoms with E-state index < -0.39 is 0 Å². The van der Waals surface area contributed by atoms with Gasteiger partial charge < -0.3 is 9.64 Å². The zero-order valence-corrected chi connectivity index (χ0v) is 16.7. The summed E-state index contributed by atoms with van der Waals surface area (Å²) in [6.45, 7) is 2.37. The minimum Gasteiger partial charge on any atom is -0.496 e. The average Bonchev–Trinajstić information content (AvgIpc) is 3.38. The Morgan fingerprint density at radius 3 is 2.46 bits per heavy atom. The van der Waals surface area contributed by atoms with Gasteiger partial charge in [0.2, 0.25) is 0 Å². The number of hydrogen-bond acceptors (Lipinski definition) is 2. The lowest BCUT2D eigenvalue weighted by molar-refractivity contribution is 0.110. The molecule has 3 aliphatic rings. The normalized spacial score (nSPS) is 28.0. The molecule has 1 heterocycles. The molecule has 0 radical (unpaired) electrons. The summed E-state index contributed by atoms with van der Waals surface area (Å²) in [5.74, 6) is 3.24. The molecular formula is C25H30FNO. The topological polar surface area (TPSA) is 12.5 Å². The SMILES string of the molecule is COc1ccc(-c2ccccc2F)cc1C1CCN([C@@H]2C[C@@H]3CCC2C3)CC1. The summed E-state index contributed by atoms with van der Waals surface area (Å²) in [6.07, 6.45) is 8.17. The number of fused-ring (bicyclic) bond motifs is 2. The highest BCUT2D eigenvalue weighted by molar-refractivity contribution is 5.66. The monoisotopic (exact) mass is 379 g/mol. The van der Waals surface area contributed by atoms with E-state index >= 15 is 0 Å². The van der Waals surface area contributed by atoms with Crippen LogP contribution in [0.15, 0.2) is 42.5 Å². The molecule has 2 saturated carbocycles. The van der Waals surface area contributed by atoms with Gasteiger partial charge in [0.25, 0.3) is 0 Å². The highest BCUT2D eigenvalue weighted by Gasteiger charge is 2.43. The predicted octanol–water partition coefficient (Wildman–Crippen LogP) is 5.87. The molecule has 0 N–H and O–H groups in total. The highest BCUT2D eigenvalue weighted by Crippen LogP contribution is 2.48. The van der Waals surface area contributed by atoms with Crippen molar-refractivity contribution < 1.29 is 9.13 Å². The van der Waals surface area contributed by atoms with Gasteiger partial charge in [-0.15, -0.1) is 0 Å². The summed E-state index contributed by atoms with van der Waals surface area (Å²) < 4.78 is 20.0. The molecule has 0 aromatic heterocycles. The molecule has 5 rings (SSSR count). The minimum absolute atomic E-state index is 0.162. The van der Waals surface area contributed by atoms with Crippen LogP contribution in [0.3, 0.4) is 0 Å². The quantitative estimate of drug-likeness (QED) is 0.659. The van der Waals surface area contributed by atoms with Crippen LogP contribution in [0.2, 0.25) is 0 Å². The van der Waals surface area contributed by atoms with E-state index in [1.54, 1.807) is 13.2 Å². The molecule has 3 heteroatoms. The van der Waals surface area contributed by atoms with Crippen LogP contribution in [0.4, 0.5) is 4.39 Å². The second-order valence-corrected chi connectivity index (χ2v) is 8.99.